The molecule has 0 aromatic rings. The van der Waals surface area contributed by atoms with E-state index in [-0.39, 0.29) is 13.2 Å². The first-order chi connectivity index (χ1) is 13.7. The number of nitrogens with zero attached hydrogens (tertiary/aromatic N) is 4. The second-order valence-corrected chi connectivity index (χ2v) is 5.17. The fourth-order valence-corrected chi connectivity index (χ4v) is 1.65. The van der Waals surface area contributed by atoms with E-state index in [0.29, 0.717) is 26.2 Å². The first-order valence-electron chi connectivity index (χ1n) is 9.11. The Morgan fingerprint density at radius 2 is 0.643 bits per heavy atom. The molecule has 0 radical (unpaired) electrons. The highest BCUT2D eigenvalue weighted by Gasteiger charge is 1.88. The van der Waals surface area contributed by atoms with E-state index < -0.39 is 0 Å². The van der Waals surface area contributed by atoms with Crippen molar-refractivity contribution in [2.75, 3.05) is 39.4 Å². The molecule has 0 spiro atoms. The van der Waals surface area contributed by atoms with E-state index in [1.807, 2.05) is 0 Å². The summed E-state index contributed by atoms with van der Waals surface area (Å²) in [5.41, 5.74) is 0. The van der Waals surface area contributed by atoms with Crippen LogP contribution in [0.2, 0.25) is 0 Å². The number of aliphatic hydroxyl groups is 2. The van der Waals surface area contributed by atoms with Crippen molar-refractivity contribution in [3.8, 4) is 0 Å². The molecule has 0 saturated carbocycles. The van der Waals surface area contributed by atoms with Crippen molar-refractivity contribution in [1.29, 1.82) is 0 Å². The van der Waals surface area contributed by atoms with Gasteiger partial charge in [-0.1, -0.05) is 25.7 Å². The number of aliphatic imine (C=N–C) groups is 4. The van der Waals surface area contributed by atoms with Crippen molar-refractivity contribution in [1.82, 2.24) is 0 Å². The first kappa shape index (κ1) is 30.2. The van der Waals surface area contributed by atoms with Crippen LogP contribution in [0.1, 0.15) is 51.4 Å². The number of carbonyl (C=O) groups excluding carboxylic acids is 4. The van der Waals surface area contributed by atoms with Crippen LogP contribution in [0, 0.1) is 0 Å². The Labute approximate surface area is 165 Å². The number of hydrogen-bond donors (Lipinski definition) is 2. The van der Waals surface area contributed by atoms with Crippen LogP contribution in [-0.2, 0) is 19.2 Å². The topological polar surface area (TPSA) is 158 Å². The number of rotatable bonds is 15. The summed E-state index contributed by atoms with van der Waals surface area (Å²) in [6, 6.07) is 0. The molecule has 0 aliphatic heterocycles. The lowest BCUT2D eigenvalue weighted by molar-refractivity contribution is 0.186. The van der Waals surface area contributed by atoms with Gasteiger partial charge < -0.3 is 10.2 Å². The minimum absolute atomic E-state index is 0.125. The third kappa shape index (κ3) is 43.7. The van der Waals surface area contributed by atoms with Gasteiger partial charge in [-0.25, -0.2) is 39.1 Å². The van der Waals surface area contributed by atoms with Crippen molar-refractivity contribution in [3.05, 3.63) is 0 Å². The lowest BCUT2D eigenvalue weighted by atomic mass is 10.2. The second-order valence-electron chi connectivity index (χ2n) is 5.17. The van der Waals surface area contributed by atoms with Gasteiger partial charge in [-0.15, -0.1) is 0 Å². The molecule has 0 amide bonds. The lowest BCUT2D eigenvalue weighted by Gasteiger charge is -1.93. The molecule has 0 heterocycles. The maximum Gasteiger partial charge on any atom is 0.234 e. The zero-order valence-electron chi connectivity index (χ0n) is 16.2. The largest absolute Gasteiger partial charge is 0.394 e. The van der Waals surface area contributed by atoms with E-state index in [4.69, 9.17) is 10.2 Å². The Kier molecular flexibility index (Phi) is 38.3. The molecule has 0 saturated heterocycles. The van der Waals surface area contributed by atoms with E-state index in [1.54, 1.807) is 0 Å². The smallest absolute Gasteiger partial charge is 0.234 e. The molecule has 10 heteroatoms. The summed E-state index contributed by atoms with van der Waals surface area (Å²) < 4.78 is 0. The molecule has 0 atom stereocenters. The van der Waals surface area contributed by atoms with Crippen molar-refractivity contribution < 1.29 is 29.4 Å². The van der Waals surface area contributed by atoms with Crippen LogP contribution in [0.5, 0.6) is 0 Å². The minimum Gasteiger partial charge on any atom is -0.394 e. The van der Waals surface area contributed by atoms with Crippen molar-refractivity contribution in [2.45, 2.75) is 51.4 Å². The Morgan fingerprint density at radius 1 is 0.429 bits per heavy atom. The Balaban J connectivity index is -0.000000375. The number of hydrogen-bond acceptors (Lipinski definition) is 10. The molecule has 28 heavy (non-hydrogen) atoms. The van der Waals surface area contributed by atoms with Crippen molar-refractivity contribution >= 4 is 24.3 Å². The van der Waals surface area contributed by atoms with Gasteiger partial charge >= 0.3 is 0 Å². The van der Waals surface area contributed by atoms with Crippen LogP contribution < -0.4 is 0 Å². The molecule has 0 aromatic heterocycles. The fourth-order valence-electron chi connectivity index (χ4n) is 1.65. The molecule has 0 aliphatic rings. The summed E-state index contributed by atoms with van der Waals surface area (Å²) in [6.45, 7) is 1.97. The molecule has 0 aromatic carbocycles. The number of unbranched alkanes of at least 4 members (excludes halogenated alkanes) is 6. The minimum atomic E-state index is -0.125. The molecule has 0 rings (SSSR count). The van der Waals surface area contributed by atoms with Gasteiger partial charge in [0.2, 0.25) is 24.3 Å². The van der Waals surface area contributed by atoms with Crippen LogP contribution in [-0.4, -0.2) is 73.9 Å². The van der Waals surface area contributed by atoms with Gasteiger partial charge in [0.25, 0.3) is 0 Å². The fraction of sp³-hybridized carbons (Fsp3) is 0.778. The van der Waals surface area contributed by atoms with Crippen LogP contribution in [0.3, 0.4) is 0 Å². The van der Waals surface area contributed by atoms with Crippen LogP contribution in [0.25, 0.3) is 0 Å². The molecule has 10 nitrogen and oxygen atoms in total. The van der Waals surface area contributed by atoms with E-state index in [9.17, 15) is 19.2 Å². The monoisotopic (exact) mass is 398 g/mol. The third-order valence-electron chi connectivity index (χ3n) is 2.94. The average molecular weight is 398 g/mol. The summed E-state index contributed by atoms with van der Waals surface area (Å²) in [4.78, 5) is 52.2. The SMILES string of the molecule is O=C=NCCCCCCN=C=O.O=C=NCCCCCCN=C=O.OCCO. The van der Waals surface area contributed by atoms with Gasteiger partial charge in [0.05, 0.1) is 39.4 Å². The standard InChI is InChI=1S/2C8H12N2O2.C2H6O2/c2*11-7-9-5-3-1-2-4-6-10-8-12;3-1-2-4/h2*1-6H2;3-4H,1-2H2. The highest BCUT2D eigenvalue weighted by molar-refractivity contribution is 5.33. The molecule has 0 unspecified atom stereocenters. The maximum atomic E-state index is 9.63. The van der Waals surface area contributed by atoms with Crippen molar-refractivity contribution in [2.24, 2.45) is 20.0 Å². The van der Waals surface area contributed by atoms with Gasteiger partial charge in [0, 0.05) is 0 Å². The predicted molar refractivity (Wildman–Crippen MR) is 103 cm³/mol. The summed E-state index contributed by atoms with van der Waals surface area (Å²) in [5, 5.41) is 15.2. The Morgan fingerprint density at radius 3 is 0.786 bits per heavy atom. The zero-order chi connectivity index (χ0) is 21.6. The molecular weight excluding hydrogens is 368 g/mol. The van der Waals surface area contributed by atoms with Gasteiger partial charge in [0.15, 0.2) is 0 Å². The van der Waals surface area contributed by atoms with Gasteiger partial charge in [-0.05, 0) is 25.7 Å². The quantitative estimate of drug-likeness (QED) is 0.241. The molecule has 158 valence electrons. The van der Waals surface area contributed by atoms with Crippen LogP contribution >= 0.6 is 0 Å². The van der Waals surface area contributed by atoms with Crippen molar-refractivity contribution in [3.63, 3.8) is 0 Å². The Hall–Kier alpha value is -2.56. The highest BCUT2D eigenvalue weighted by atomic mass is 16.3. The molecule has 0 aliphatic carbocycles. The van der Waals surface area contributed by atoms with Gasteiger partial charge in [-0.2, -0.15) is 0 Å². The van der Waals surface area contributed by atoms with Gasteiger partial charge in [-0.3, -0.25) is 0 Å². The second kappa shape index (κ2) is 35.5. The summed E-state index contributed by atoms with van der Waals surface area (Å²) in [6.07, 6.45) is 13.6. The molecule has 0 fully saturated rings. The molecule has 0 bridgehead atoms. The summed E-state index contributed by atoms with van der Waals surface area (Å²) in [5.74, 6) is 0. The van der Waals surface area contributed by atoms with E-state index in [2.05, 4.69) is 20.0 Å². The normalized spacial score (nSPS) is 8.21. The molecular formula is C18H30N4O6. The van der Waals surface area contributed by atoms with E-state index >= 15 is 0 Å². The van der Waals surface area contributed by atoms with Crippen LogP contribution in [0.4, 0.5) is 0 Å². The van der Waals surface area contributed by atoms with Crippen LogP contribution in [0.15, 0.2) is 20.0 Å². The third-order valence-corrected chi connectivity index (χ3v) is 2.94. The first-order valence-corrected chi connectivity index (χ1v) is 9.11. The summed E-state index contributed by atoms with van der Waals surface area (Å²) >= 11 is 0. The lowest BCUT2D eigenvalue weighted by Crippen LogP contribution is -1.85. The average Bonchev–Trinajstić information content (AvgIpc) is 2.73. The highest BCUT2D eigenvalue weighted by Crippen LogP contribution is 2.00. The molecule has 2 N–H and O–H groups in total. The predicted octanol–water partition coefficient (Wildman–Crippen LogP) is 1.41. The zero-order valence-corrected chi connectivity index (χ0v) is 16.2. The number of aliphatic hydroxyl groups excluding tert-OH is 2. The summed E-state index contributed by atoms with van der Waals surface area (Å²) in [7, 11) is 0. The van der Waals surface area contributed by atoms with E-state index in [1.165, 1.54) is 24.3 Å². The Bertz CT molecular complexity index is 414. The number of isocyanates is 4. The van der Waals surface area contributed by atoms with E-state index in [0.717, 1.165) is 51.4 Å². The maximum absolute atomic E-state index is 9.63. The van der Waals surface area contributed by atoms with Gasteiger partial charge in [0.1, 0.15) is 0 Å².